The van der Waals surface area contributed by atoms with Crippen LogP contribution in [0.25, 0.3) is 0 Å². The molecule has 1 saturated heterocycles. The second-order valence-electron chi connectivity index (χ2n) is 2.87. The molecule has 0 aromatic rings. The van der Waals surface area contributed by atoms with Crippen LogP contribution in [0.3, 0.4) is 0 Å². The van der Waals surface area contributed by atoms with Crippen LogP contribution >= 0.6 is 12.6 Å². The van der Waals surface area contributed by atoms with E-state index in [-0.39, 0.29) is 0 Å². The summed E-state index contributed by atoms with van der Waals surface area (Å²) in [4.78, 5) is 0. The van der Waals surface area contributed by atoms with E-state index >= 15 is 0 Å². The fourth-order valence-electron chi connectivity index (χ4n) is 1.33. The molecule has 1 unspecified atom stereocenters. The van der Waals surface area contributed by atoms with Crippen LogP contribution < -0.4 is 10.6 Å². The Morgan fingerprint density at radius 3 is 2.60 bits per heavy atom. The molecule has 0 bridgehead atoms. The van der Waals surface area contributed by atoms with E-state index in [1.807, 2.05) is 0 Å². The molecule has 1 heterocycles. The molecule has 2 N–H and O–H groups in total. The fraction of sp³-hybridized carbons (Fsp3) is 1.00. The van der Waals surface area contributed by atoms with Gasteiger partial charge in [-0.15, -0.1) is 0 Å². The van der Waals surface area contributed by atoms with Gasteiger partial charge in [-0.05, 0) is 32.9 Å². The van der Waals surface area contributed by atoms with E-state index < -0.39 is 0 Å². The van der Waals surface area contributed by atoms with Gasteiger partial charge >= 0.3 is 0 Å². The number of rotatable bonds is 2. The average molecular weight is 160 g/mol. The number of piperidine rings is 1. The Labute approximate surface area is 68.2 Å². The van der Waals surface area contributed by atoms with Crippen molar-refractivity contribution in [1.29, 1.82) is 0 Å². The molecule has 0 aliphatic carbocycles. The number of hydrogen-bond acceptors (Lipinski definition) is 3. The number of thiol groups is 1. The van der Waals surface area contributed by atoms with Crippen LogP contribution in [0.4, 0.5) is 0 Å². The molecule has 1 aliphatic rings. The Kier molecular flexibility index (Phi) is 3.52. The van der Waals surface area contributed by atoms with Gasteiger partial charge in [-0.25, -0.2) is 0 Å². The molecule has 0 amide bonds. The van der Waals surface area contributed by atoms with Crippen molar-refractivity contribution in [3.63, 3.8) is 0 Å². The SMILES string of the molecule is CC(S)NC1CCNCC1. The highest BCUT2D eigenvalue weighted by Gasteiger charge is 2.12. The predicted octanol–water partition coefficient (Wildman–Crippen LogP) is 0.604. The lowest BCUT2D eigenvalue weighted by atomic mass is 10.1. The van der Waals surface area contributed by atoms with Gasteiger partial charge in [-0.2, -0.15) is 12.6 Å². The summed E-state index contributed by atoms with van der Waals surface area (Å²) in [5, 5.41) is 7.07. The van der Waals surface area contributed by atoms with Crippen molar-refractivity contribution in [2.45, 2.75) is 31.2 Å². The Balaban J connectivity index is 2.13. The third-order valence-corrected chi connectivity index (χ3v) is 1.97. The van der Waals surface area contributed by atoms with Gasteiger partial charge in [0, 0.05) is 11.4 Å². The molecule has 0 aromatic carbocycles. The molecular formula is C7H16N2S. The van der Waals surface area contributed by atoms with Crippen LogP contribution in [-0.2, 0) is 0 Å². The third-order valence-electron chi connectivity index (χ3n) is 1.82. The van der Waals surface area contributed by atoms with Crippen molar-refractivity contribution >= 4 is 12.6 Å². The van der Waals surface area contributed by atoms with Gasteiger partial charge < -0.3 is 10.6 Å². The Hall–Kier alpha value is 0.270. The van der Waals surface area contributed by atoms with Crippen LogP contribution in [0.1, 0.15) is 19.8 Å². The van der Waals surface area contributed by atoms with Gasteiger partial charge in [0.05, 0.1) is 0 Å². The maximum atomic E-state index is 4.28. The first-order chi connectivity index (χ1) is 4.79. The Morgan fingerprint density at radius 2 is 2.10 bits per heavy atom. The molecule has 2 nitrogen and oxygen atoms in total. The molecule has 1 fully saturated rings. The number of nitrogens with one attached hydrogen (secondary N) is 2. The summed E-state index contributed by atoms with van der Waals surface area (Å²) in [5.41, 5.74) is 0. The first-order valence-corrected chi connectivity index (χ1v) is 4.45. The van der Waals surface area contributed by atoms with Crippen LogP contribution in [0.5, 0.6) is 0 Å². The lowest BCUT2D eigenvalue weighted by molar-refractivity contribution is 0.387. The highest BCUT2D eigenvalue weighted by molar-refractivity contribution is 7.80. The second-order valence-corrected chi connectivity index (χ2v) is 3.64. The molecule has 0 spiro atoms. The lowest BCUT2D eigenvalue weighted by Crippen LogP contribution is -2.42. The predicted molar refractivity (Wildman–Crippen MR) is 47.5 cm³/mol. The highest BCUT2D eigenvalue weighted by atomic mass is 32.1. The van der Waals surface area contributed by atoms with E-state index in [0.29, 0.717) is 11.4 Å². The fourth-order valence-corrected chi connectivity index (χ4v) is 1.54. The summed E-state index contributed by atoms with van der Waals surface area (Å²) in [6.45, 7) is 4.38. The molecular weight excluding hydrogens is 144 g/mol. The van der Waals surface area contributed by atoms with E-state index in [2.05, 4.69) is 30.2 Å². The summed E-state index contributed by atoms with van der Waals surface area (Å²) in [6.07, 6.45) is 2.48. The zero-order valence-electron chi connectivity index (χ0n) is 6.43. The van der Waals surface area contributed by atoms with Gasteiger partial charge in [0.2, 0.25) is 0 Å². The van der Waals surface area contributed by atoms with Crippen LogP contribution in [0.15, 0.2) is 0 Å². The minimum Gasteiger partial charge on any atom is -0.317 e. The van der Waals surface area contributed by atoms with Crippen molar-refractivity contribution in [1.82, 2.24) is 10.6 Å². The summed E-state index contributed by atoms with van der Waals surface area (Å²) >= 11 is 4.28. The molecule has 1 aliphatic heterocycles. The smallest absolute Gasteiger partial charge is 0.0475 e. The Bertz CT molecular complexity index is 89.6. The quantitative estimate of drug-likeness (QED) is 0.407. The molecule has 0 radical (unpaired) electrons. The maximum absolute atomic E-state index is 4.28. The topological polar surface area (TPSA) is 24.1 Å². The minimum absolute atomic E-state index is 0.336. The molecule has 1 atom stereocenters. The number of hydrogen-bond donors (Lipinski definition) is 3. The van der Waals surface area contributed by atoms with Crippen molar-refractivity contribution < 1.29 is 0 Å². The second kappa shape index (κ2) is 4.21. The van der Waals surface area contributed by atoms with Crippen LogP contribution in [-0.4, -0.2) is 24.5 Å². The van der Waals surface area contributed by atoms with E-state index in [1.54, 1.807) is 0 Å². The summed E-state index contributed by atoms with van der Waals surface area (Å²) in [5.74, 6) is 0. The van der Waals surface area contributed by atoms with Gasteiger partial charge in [-0.3, -0.25) is 0 Å². The van der Waals surface area contributed by atoms with Crippen LogP contribution in [0, 0.1) is 0 Å². The van der Waals surface area contributed by atoms with Crippen LogP contribution in [0.2, 0.25) is 0 Å². The molecule has 1 rings (SSSR count). The molecule has 60 valence electrons. The Morgan fingerprint density at radius 1 is 1.50 bits per heavy atom. The zero-order valence-corrected chi connectivity index (χ0v) is 7.32. The van der Waals surface area contributed by atoms with Gasteiger partial charge in [0.1, 0.15) is 0 Å². The van der Waals surface area contributed by atoms with Crippen molar-refractivity contribution in [2.24, 2.45) is 0 Å². The molecule has 0 aromatic heterocycles. The normalized spacial score (nSPS) is 24.6. The summed E-state index contributed by atoms with van der Waals surface area (Å²) in [6, 6.07) is 0.689. The molecule has 0 saturated carbocycles. The van der Waals surface area contributed by atoms with E-state index in [0.717, 1.165) is 13.1 Å². The monoisotopic (exact) mass is 160 g/mol. The zero-order chi connectivity index (χ0) is 7.40. The lowest BCUT2D eigenvalue weighted by Gasteiger charge is -2.25. The van der Waals surface area contributed by atoms with Gasteiger partial charge in [0.15, 0.2) is 0 Å². The largest absolute Gasteiger partial charge is 0.317 e. The van der Waals surface area contributed by atoms with E-state index in [1.165, 1.54) is 12.8 Å². The van der Waals surface area contributed by atoms with Crippen molar-refractivity contribution in [2.75, 3.05) is 13.1 Å². The van der Waals surface area contributed by atoms with Gasteiger partial charge in [-0.1, -0.05) is 0 Å². The average Bonchev–Trinajstić information content (AvgIpc) is 1.88. The van der Waals surface area contributed by atoms with Crippen molar-refractivity contribution in [3.05, 3.63) is 0 Å². The van der Waals surface area contributed by atoms with E-state index in [4.69, 9.17) is 0 Å². The first-order valence-electron chi connectivity index (χ1n) is 3.94. The third kappa shape index (κ3) is 2.90. The summed E-state index contributed by atoms with van der Waals surface area (Å²) < 4.78 is 0. The standard InChI is InChI=1S/C7H16N2S/c1-6(10)9-7-2-4-8-5-3-7/h6-10H,2-5H2,1H3. The molecule has 3 heteroatoms. The summed E-state index contributed by atoms with van der Waals surface area (Å²) in [7, 11) is 0. The maximum Gasteiger partial charge on any atom is 0.0475 e. The van der Waals surface area contributed by atoms with Crippen molar-refractivity contribution in [3.8, 4) is 0 Å². The molecule has 10 heavy (non-hydrogen) atoms. The van der Waals surface area contributed by atoms with E-state index in [9.17, 15) is 0 Å². The highest BCUT2D eigenvalue weighted by Crippen LogP contribution is 2.03. The van der Waals surface area contributed by atoms with Gasteiger partial charge in [0.25, 0.3) is 0 Å². The minimum atomic E-state index is 0.336. The first kappa shape index (κ1) is 8.37.